The van der Waals surface area contributed by atoms with Gasteiger partial charge in [0.15, 0.2) is 9.84 Å². The summed E-state index contributed by atoms with van der Waals surface area (Å²) in [7, 11) is -2.01. The van der Waals surface area contributed by atoms with Crippen LogP contribution in [-0.4, -0.2) is 31.5 Å². The van der Waals surface area contributed by atoms with Crippen molar-refractivity contribution in [2.75, 3.05) is 7.11 Å². The summed E-state index contributed by atoms with van der Waals surface area (Å²) in [6.07, 6.45) is 0.538. The van der Waals surface area contributed by atoms with E-state index in [9.17, 15) is 13.5 Å². The van der Waals surface area contributed by atoms with E-state index in [1.807, 2.05) is 0 Å². The van der Waals surface area contributed by atoms with Gasteiger partial charge in [0.25, 0.3) is 0 Å². The summed E-state index contributed by atoms with van der Waals surface area (Å²) in [5.41, 5.74) is -0.864. The Labute approximate surface area is 115 Å². The Kier molecular flexibility index (Phi) is 3.46. The number of sulfone groups is 1. The Bertz CT molecular complexity index is 557. The summed E-state index contributed by atoms with van der Waals surface area (Å²) < 4.78 is 30.6. The van der Waals surface area contributed by atoms with E-state index in [2.05, 4.69) is 15.9 Å². The average Bonchev–Trinajstić information content (AvgIpc) is 2.25. The molecule has 18 heavy (non-hydrogen) atoms. The number of hydrogen-bond acceptors (Lipinski definition) is 4. The molecule has 1 aliphatic carbocycles. The highest BCUT2D eigenvalue weighted by Gasteiger charge is 2.47. The molecular formula is C12H15BrO4S. The van der Waals surface area contributed by atoms with Crippen LogP contribution in [0, 0.1) is 0 Å². The van der Waals surface area contributed by atoms with Gasteiger partial charge in [-0.3, -0.25) is 0 Å². The highest BCUT2D eigenvalue weighted by atomic mass is 79.9. The third-order valence-electron chi connectivity index (χ3n) is 3.21. The minimum atomic E-state index is -3.45. The van der Waals surface area contributed by atoms with Crippen molar-refractivity contribution in [1.29, 1.82) is 0 Å². The van der Waals surface area contributed by atoms with Crippen LogP contribution in [0.1, 0.15) is 19.8 Å². The zero-order valence-electron chi connectivity index (χ0n) is 10.2. The first-order valence-electron chi connectivity index (χ1n) is 5.56. The lowest BCUT2D eigenvalue weighted by molar-refractivity contribution is -0.0117. The number of benzene rings is 1. The zero-order chi connectivity index (χ0) is 13.6. The van der Waals surface area contributed by atoms with Crippen LogP contribution in [-0.2, 0) is 9.84 Å². The zero-order valence-corrected chi connectivity index (χ0v) is 12.6. The first-order chi connectivity index (χ1) is 8.26. The maximum absolute atomic E-state index is 12.4. The fourth-order valence-electron chi connectivity index (χ4n) is 2.19. The molecule has 0 aromatic heterocycles. The van der Waals surface area contributed by atoms with Crippen LogP contribution < -0.4 is 4.74 Å². The van der Waals surface area contributed by atoms with Crippen LogP contribution in [0.25, 0.3) is 0 Å². The molecule has 0 amide bonds. The summed E-state index contributed by atoms with van der Waals surface area (Å²) >= 11 is 3.26. The van der Waals surface area contributed by atoms with Gasteiger partial charge in [-0.2, -0.15) is 0 Å². The van der Waals surface area contributed by atoms with Crippen molar-refractivity contribution in [2.24, 2.45) is 0 Å². The van der Waals surface area contributed by atoms with E-state index < -0.39 is 20.7 Å². The second kappa shape index (κ2) is 4.51. The smallest absolute Gasteiger partial charge is 0.185 e. The first kappa shape index (κ1) is 13.8. The van der Waals surface area contributed by atoms with Crippen LogP contribution in [0.4, 0.5) is 0 Å². The maximum atomic E-state index is 12.4. The van der Waals surface area contributed by atoms with E-state index in [1.165, 1.54) is 7.11 Å². The molecule has 1 aliphatic rings. The van der Waals surface area contributed by atoms with Gasteiger partial charge < -0.3 is 9.84 Å². The summed E-state index contributed by atoms with van der Waals surface area (Å²) in [6, 6.07) is 4.89. The summed E-state index contributed by atoms with van der Waals surface area (Å²) in [5, 5.41) is 9.14. The van der Waals surface area contributed by atoms with Crippen LogP contribution in [0.15, 0.2) is 27.6 Å². The summed E-state index contributed by atoms with van der Waals surface area (Å²) in [4.78, 5) is 0.180. The van der Waals surface area contributed by atoms with Crippen molar-refractivity contribution >= 4 is 25.8 Å². The Morgan fingerprint density at radius 1 is 1.44 bits per heavy atom. The van der Waals surface area contributed by atoms with Crippen molar-refractivity contribution in [2.45, 2.75) is 35.5 Å². The molecule has 100 valence electrons. The van der Waals surface area contributed by atoms with E-state index >= 15 is 0 Å². The molecule has 0 unspecified atom stereocenters. The Hall–Kier alpha value is -0.590. The molecule has 0 heterocycles. The van der Waals surface area contributed by atoms with Gasteiger partial charge in [-0.25, -0.2) is 8.42 Å². The van der Waals surface area contributed by atoms with Gasteiger partial charge in [0, 0.05) is 4.47 Å². The van der Waals surface area contributed by atoms with E-state index in [0.29, 0.717) is 10.2 Å². The number of methoxy groups -OCH3 is 1. The second-order valence-electron chi connectivity index (χ2n) is 4.87. The molecule has 1 aromatic carbocycles. The van der Waals surface area contributed by atoms with Crippen molar-refractivity contribution in [3.05, 3.63) is 22.7 Å². The van der Waals surface area contributed by atoms with Gasteiger partial charge in [0.1, 0.15) is 10.6 Å². The van der Waals surface area contributed by atoms with E-state index in [0.717, 1.165) is 0 Å². The van der Waals surface area contributed by atoms with Crippen molar-refractivity contribution in [3.63, 3.8) is 0 Å². The van der Waals surface area contributed by atoms with Gasteiger partial charge in [0.2, 0.25) is 0 Å². The van der Waals surface area contributed by atoms with Crippen molar-refractivity contribution in [1.82, 2.24) is 0 Å². The van der Waals surface area contributed by atoms with Crippen LogP contribution in [0.3, 0.4) is 0 Å². The lowest BCUT2D eigenvalue weighted by atomic mass is 9.82. The predicted molar refractivity (Wildman–Crippen MR) is 71.5 cm³/mol. The van der Waals surface area contributed by atoms with Crippen molar-refractivity contribution < 1.29 is 18.3 Å². The third-order valence-corrected chi connectivity index (χ3v) is 5.84. The first-order valence-corrected chi connectivity index (χ1v) is 7.90. The molecule has 1 aromatic rings. The summed E-state index contributed by atoms with van der Waals surface area (Å²) in [6.45, 7) is 1.65. The number of hydrogen-bond donors (Lipinski definition) is 1. The number of halogens is 1. The number of aliphatic hydroxyl groups is 1. The molecule has 0 spiro atoms. The molecule has 0 bridgehead atoms. The molecule has 0 atom stereocenters. The standard InChI is InChI=1S/C12H15BrO4S/c1-12(14)6-9(7-12)18(15,16)11-5-8(13)3-4-10(11)17-2/h3-5,9,14H,6-7H2,1-2H3/t9-,12-. The Balaban J connectivity index is 2.39. The molecule has 4 nitrogen and oxygen atoms in total. The minimum absolute atomic E-state index is 0.180. The quantitative estimate of drug-likeness (QED) is 0.919. The molecule has 1 saturated carbocycles. The largest absolute Gasteiger partial charge is 0.495 e. The van der Waals surface area contributed by atoms with E-state index in [4.69, 9.17) is 4.74 Å². The monoisotopic (exact) mass is 334 g/mol. The molecular weight excluding hydrogens is 320 g/mol. The van der Waals surface area contributed by atoms with E-state index in [-0.39, 0.29) is 17.7 Å². The number of ether oxygens (including phenoxy) is 1. The lowest BCUT2D eigenvalue weighted by Crippen LogP contribution is -2.48. The lowest BCUT2D eigenvalue weighted by Gasteiger charge is -2.40. The molecule has 0 saturated heterocycles. The van der Waals surface area contributed by atoms with Crippen LogP contribution in [0.5, 0.6) is 5.75 Å². The highest BCUT2D eigenvalue weighted by molar-refractivity contribution is 9.10. The fourth-order valence-corrected chi connectivity index (χ4v) is 4.94. The van der Waals surface area contributed by atoms with Gasteiger partial charge in [-0.05, 0) is 38.0 Å². The molecule has 0 radical (unpaired) electrons. The third kappa shape index (κ3) is 2.41. The van der Waals surface area contributed by atoms with Crippen LogP contribution >= 0.6 is 15.9 Å². The van der Waals surface area contributed by atoms with Crippen molar-refractivity contribution in [3.8, 4) is 5.75 Å². The van der Waals surface area contributed by atoms with Gasteiger partial charge in [-0.15, -0.1) is 0 Å². The van der Waals surface area contributed by atoms with Gasteiger partial charge in [0.05, 0.1) is 18.0 Å². The molecule has 6 heteroatoms. The fraction of sp³-hybridized carbons (Fsp3) is 0.500. The summed E-state index contributed by atoms with van der Waals surface area (Å²) in [5.74, 6) is 0.338. The SMILES string of the molecule is COc1ccc(Br)cc1S(=O)(=O)[C@H]1C[C@](C)(O)C1. The van der Waals surface area contributed by atoms with Crippen LogP contribution in [0.2, 0.25) is 0 Å². The molecule has 0 aliphatic heterocycles. The van der Waals surface area contributed by atoms with Gasteiger partial charge in [-0.1, -0.05) is 15.9 Å². The maximum Gasteiger partial charge on any atom is 0.185 e. The predicted octanol–water partition coefficient (Wildman–Crippen LogP) is 2.14. The molecule has 2 rings (SSSR count). The average molecular weight is 335 g/mol. The number of rotatable bonds is 3. The molecule has 1 fully saturated rings. The Morgan fingerprint density at radius 2 is 2.06 bits per heavy atom. The highest BCUT2D eigenvalue weighted by Crippen LogP contribution is 2.41. The minimum Gasteiger partial charge on any atom is -0.495 e. The topological polar surface area (TPSA) is 63.6 Å². The normalized spacial score (nSPS) is 27.7. The second-order valence-corrected chi connectivity index (χ2v) is 7.98. The Morgan fingerprint density at radius 3 is 2.56 bits per heavy atom. The van der Waals surface area contributed by atoms with Gasteiger partial charge >= 0.3 is 0 Å². The van der Waals surface area contributed by atoms with E-state index in [1.54, 1.807) is 25.1 Å². The molecule has 1 N–H and O–H groups in total.